The maximum atomic E-state index is 12.4. The number of hydrogen-bond donors (Lipinski definition) is 2. The van der Waals surface area contributed by atoms with Gasteiger partial charge in [0.1, 0.15) is 0 Å². The van der Waals surface area contributed by atoms with Crippen LogP contribution in [0.4, 0.5) is 15.6 Å². The van der Waals surface area contributed by atoms with Crippen LogP contribution in [0.1, 0.15) is 13.8 Å². The van der Waals surface area contributed by atoms with E-state index in [1.807, 2.05) is 36.9 Å². The second-order valence-corrected chi connectivity index (χ2v) is 8.36. The Bertz CT molecular complexity index is 776. The van der Waals surface area contributed by atoms with Crippen LogP contribution in [-0.2, 0) is 9.53 Å². The molecule has 3 rings (SSSR count). The predicted molar refractivity (Wildman–Crippen MR) is 106 cm³/mol. The van der Waals surface area contributed by atoms with Crippen LogP contribution in [0.25, 0.3) is 0 Å². The summed E-state index contributed by atoms with van der Waals surface area (Å²) >= 11 is 2.55. The molecule has 27 heavy (non-hydrogen) atoms. The molecule has 10 heteroatoms. The summed E-state index contributed by atoms with van der Waals surface area (Å²) in [6.45, 7) is 5.14. The van der Waals surface area contributed by atoms with Gasteiger partial charge in [-0.2, -0.15) is 0 Å². The minimum absolute atomic E-state index is 0.0446. The van der Waals surface area contributed by atoms with Gasteiger partial charge in [0.2, 0.25) is 11.0 Å². The summed E-state index contributed by atoms with van der Waals surface area (Å²) in [5, 5.41) is 13.7. The maximum Gasteiger partial charge on any atom is 0.325 e. The second-order valence-electron chi connectivity index (χ2n) is 6.16. The molecule has 0 aliphatic carbocycles. The summed E-state index contributed by atoms with van der Waals surface area (Å²) < 4.78 is 6.28. The number of benzene rings is 1. The first kappa shape index (κ1) is 19.6. The van der Waals surface area contributed by atoms with Gasteiger partial charge in [-0.3, -0.25) is 10.1 Å². The highest BCUT2D eigenvalue weighted by Crippen LogP contribution is 2.26. The van der Waals surface area contributed by atoms with Crippen molar-refractivity contribution in [3.05, 3.63) is 30.3 Å². The van der Waals surface area contributed by atoms with Crippen molar-refractivity contribution in [2.45, 2.75) is 30.4 Å². The number of thioether (sulfide) groups is 1. The lowest BCUT2D eigenvalue weighted by atomic mass is 10.2. The quantitative estimate of drug-likeness (QED) is 0.584. The van der Waals surface area contributed by atoms with Gasteiger partial charge in [-0.15, -0.1) is 10.2 Å². The summed E-state index contributed by atoms with van der Waals surface area (Å²) in [7, 11) is 0. The van der Waals surface area contributed by atoms with E-state index in [9.17, 15) is 9.59 Å². The lowest BCUT2D eigenvalue weighted by molar-refractivity contribution is -0.140. The average Bonchev–Trinajstić information content (AvgIpc) is 3.07. The Labute approximate surface area is 165 Å². The first-order valence-electron chi connectivity index (χ1n) is 8.52. The monoisotopic (exact) mass is 407 g/mol. The van der Waals surface area contributed by atoms with Gasteiger partial charge < -0.3 is 15.0 Å². The number of carbonyl (C=O) groups is 2. The third-order valence-corrected chi connectivity index (χ3v) is 5.71. The van der Waals surface area contributed by atoms with Crippen molar-refractivity contribution in [2.24, 2.45) is 0 Å². The van der Waals surface area contributed by atoms with Crippen LogP contribution < -0.4 is 10.6 Å². The van der Waals surface area contributed by atoms with E-state index in [-0.39, 0.29) is 29.9 Å². The van der Waals surface area contributed by atoms with E-state index in [0.717, 1.165) is 0 Å². The number of urea groups is 1. The number of nitrogens with one attached hydrogen (secondary N) is 2. The topological polar surface area (TPSA) is 96.5 Å². The number of hydrogen-bond acceptors (Lipinski definition) is 7. The fourth-order valence-corrected chi connectivity index (χ4v) is 4.35. The summed E-state index contributed by atoms with van der Waals surface area (Å²) in [6.07, 6.45) is 0.0892. The smallest absolute Gasteiger partial charge is 0.325 e. The lowest BCUT2D eigenvalue weighted by Crippen LogP contribution is -2.48. The number of para-hydroxylation sites is 1. The van der Waals surface area contributed by atoms with Crippen LogP contribution in [0.15, 0.2) is 34.7 Å². The number of rotatable bonds is 5. The van der Waals surface area contributed by atoms with Crippen molar-refractivity contribution >= 4 is 45.9 Å². The highest BCUT2D eigenvalue weighted by molar-refractivity contribution is 8.01. The number of carbonyl (C=O) groups excluding carboxylic acids is 2. The van der Waals surface area contributed by atoms with Crippen LogP contribution in [-0.4, -0.2) is 58.1 Å². The van der Waals surface area contributed by atoms with Gasteiger partial charge in [-0.25, -0.2) is 4.79 Å². The zero-order chi connectivity index (χ0) is 19.2. The maximum absolute atomic E-state index is 12.4. The van der Waals surface area contributed by atoms with Gasteiger partial charge in [-0.1, -0.05) is 41.3 Å². The minimum Gasteiger partial charge on any atom is -0.372 e. The molecule has 144 valence electrons. The molecular formula is C17H21N5O3S2. The molecule has 8 nitrogen and oxygen atoms in total. The fraction of sp³-hybridized carbons (Fsp3) is 0.412. The number of aromatic nitrogens is 2. The molecule has 0 radical (unpaired) electrons. The summed E-state index contributed by atoms with van der Waals surface area (Å²) in [6, 6.07) is 8.74. The van der Waals surface area contributed by atoms with Crippen LogP contribution in [0.2, 0.25) is 0 Å². The van der Waals surface area contributed by atoms with E-state index < -0.39 is 0 Å². The fourth-order valence-electron chi connectivity index (χ4n) is 2.70. The van der Waals surface area contributed by atoms with Crippen LogP contribution in [0.5, 0.6) is 0 Å². The molecule has 2 heterocycles. The van der Waals surface area contributed by atoms with E-state index in [4.69, 9.17) is 4.74 Å². The molecule has 3 amide bonds. The molecule has 0 unspecified atom stereocenters. The molecule has 1 aliphatic heterocycles. The molecule has 1 aromatic carbocycles. The third kappa shape index (κ3) is 5.91. The Balaban J connectivity index is 1.46. The predicted octanol–water partition coefficient (Wildman–Crippen LogP) is 2.91. The van der Waals surface area contributed by atoms with E-state index in [0.29, 0.717) is 28.2 Å². The molecule has 1 saturated heterocycles. The normalized spacial score (nSPS) is 19.6. The number of ether oxygens (including phenoxy) is 1. The summed E-state index contributed by atoms with van der Waals surface area (Å²) in [4.78, 5) is 26.2. The highest BCUT2D eigenvalue weighted by atomic mass is 32.2. The Kier molecular flexibility index (Phi) is 6.64. The Morgan fingerprint density at radius 3 is 2.59 bits per heavy atom. The van der Waals surface area contributed by atoms with Crippen LogP contribution in [0, 0.1) is 0 Å². The van der Waals surface area contributed by atoms with Crippen molar-refractivity contribution in [2.75, 3.05) is 29.5 Å². The molecule has 2 aromatic rings. The molecule has 2 atom stereocenters. The van der Waals surface area contributed by atoms with Crippen LogP contribution >= 0.6 is 23.1 Å². The Morgan fingerprint density at radius 2 is 1.89 bits per heavy atom. The van der Waals surface area contributed by atoms with Crippen molar-refractivity contribution in [1.29, 1.82) is 0 Å². The van der Waals surface area contributed by atoms with Gasteiger partial charge in [0.05, 0.1) is 18.0 Å². The zero-order valence-electron chi connectivity index (χ0n) is 15.0. The summed E-state index contributed by atoms with van der Waals surface area (Å²) in [5.41, 5.74) is 0.689. The summed E-state index contributed by atoms with van der Waals surface area (Å²) in [5.74, 6) is 0.332. The average molecular weight is 408 g/mol. The Morgan fingerprint density at radius 1 is 1.19 bits per heavy atom. The minimum atomic E-state index is -0.388. The SMILES string of the molecule is C[C@@H]1CN(C(=O)CSc2nnc(NC(=O)Nc3ccccc3)s2)C[C@@H](C)O1. The number of anilines is 2. The molecule has 0 bridgehead atoms. The molecular weight excluding hydrogens is 386 g/mol. The molecule has 0 saturated carbocycles. The molecule has 1 aliphatic rings. The largest absolute Gasteiger partial charge is 0.372 e. The first-order valence-corrected chi connectivity index (χ1v) is 10.3. The Hall–Kier alpha value is -2.17. The van der Waals surface area contributed by atoms with Gasteiger partial charge >= 0.3 is 6.03 Å². The van der Waals surface area contributed by atoms with Gasteiger partial charge in [-0.05, 0) is 26.0 Å². The lowest BCUT2D eigenvalue weighted by Gasteiger charge is -2.35. The van der Waals surface area contributed by atoms with Gasteiger partial charge in [0.25, 0.3) is 0 Å². The third-order valence-electron chi connectivity index (χ3n) is 3.75. The van der Waals surface area contributed by atoms with E-state index in [1.54, 1.807) is 12.1 Å². The molecule has 1 fully saturated rings. The molecule has 1 aromatic heterocycles. The van der Waals surface area contributed by atoms with Crippen LogP contribution in [0.3, 0.4) is 0 Å². The first-order chi connectivity index (χ1) is 13.0. The number of amides is 3. The highest BCUT2D eigenvalue weighted by Gasteiger charge is 2.26. The van der Waals surface area contributed by atoms with Gasteiger partial charge in [0.15, 0.2) is 4.34 Å². The van der Waals surface area contributed by atoms with E-state index in [1.165, 1.54) is 23.1 Å². The van der Waals surface area contributed by atoms with Crippen molar-refractivity contribution in [3.8, 4) is 0 Å². The van der Waals surface area contributed by atoms with Gasteiger partial charge in [0, 0.05) is 18.8 Å². The number of morpholine rings is 1. The molecule has 0 spiro atoms. The van der Waals surface area contributed by atoms with Crippen molar-refractivity contribution < 1.29 is 14.3 Å². The molecule has 2 N–H and O–H groups in total. The van der Waals surface area contributed by atoms with E-state index in [2.05, 4.69) is 20.8 Å². The van der Waals surface area contributed by atoms with E-state index >= 15 is 0 Å². The number of nitrogens with zero attached hydrogens (tertiary/aromatic N) is 3. The van der Waals surface area contributed by atoms with Crippen molar-refractivity contribution in [1.82, 2.24) is 15.1 Å². The zero-order valence-corrected chi connectivity index (χ0v) is 16.7. The standard InChI is InChI=1S/C17H21N5O3S2/c1-11-8-22(9-12(2)25-11)14(23)10-26-17-21-20-16(27-17)19-15(24)18-13-6-4-3-5-7-13/h3-7,11-12H,8-10H2,1-2H3,(H2,18,19,20,24)/t11-,12-/m1/s1. The second kappa shape index (κ2) is 9.16. The van der Waals surface area contributed by atoms with Crippen molar-refractivity contribution in [3.63, 3.8) is 0 Å².